The van der Waals surface area contributed by atoms with Crippen molar-refractivity contribution in [2.45, 2.75) is 87.0 Å². The first-order valence-electron chi connectivity index (χ1n) is 12.0. The van der Waals surface area contributed by atoms with E-state index in [9.17, 15) is 4.21 Å². The molecule has 6 heteroatoms. The average Bonchev–Trinajstić information content (AvgIpc) is 3.04. The summed E-state index contributed by atoms with van der Waals surface area (Å²) in [5, 5.41) is 0.171. The number of methoxy groups -OCH3 is 1. The number of hydrogen-bond acceptors (Lipinski definition) is 3. The predicted octanol–water partition coefficient (Wildman–Crippen LogP) is 9.06. The Morgan fingerprint density at radius 3 is 1.82 bits per heavy atom. The second kappa shape index (κ2) is 18.5. The van der Waals surface area contributed by atoms with Crippen LogP contribution in [0.25, 0.3) is 6.08 Å². The van der Waals surface area contributed by atoms with Crippen molar-refractivity contribution in [3.8, 4) is 0 Å². The fraction of sp³-hybridized carbons (Fsp3) is 0.536. The van der Waals surface area contributed by atoms with Crippen LogP contribution in [0, 0.1) is 18.8 Å². The van der Waals surface area contributed by atoms with Gasteiger partial charge < -0.3 is 4.74 Å². The molecule has 1 aromatic carbocycles. The molecule has 0 saturated heterocycles. The third kappa shape index (κ3) is 13.1. The Morgan fingerprint density at radius 1 is 1.03 bits per heavy atom. The zero-order valence-corrected chi connectivity index (χ0v) is 25.0. The number of hydrogen-bond donors (Lipinski definition) is 0. The number of rotatable bonds is 6. The number of halogens is 1. The van der Waals surface area contributed by atoms with Crippen LogP contribution >= 0.6 is 11.6 Å². The number of allylic oxidation sites excluding steroid dienone is 1. The number of nitrogens with zero attached hydrogens (tertiary/aromatic N) is 2. The Bertz CT molecular complexity index is 871. The molecular formula is C28H47ClN2O2S. The highest BCUT2D eigenvalue weighted by molar-refractivity contribution is 7.83. The van der Waals surface area contributed by atoms with Gasteiger partial charge in [-0.2, -0.15) is 0 Å². The Kier molecular flexibility index (Phi) is 18.6. The number of ether oxygens (including phenoxy) is 1. The van der Waals surface area contributed by atoms with Crippen LogP contribution in [0.15, 0.2) is 47.6 Å². The van der Waals surface area contributed by atoms with E-state index in [1.165, 1.54) is 9.54 Å². The molecule has 0 N–H and O–H groups in total. The van der Waals surface area contributed by atoms with Crippen molar-refractivity contribution >= 4 is 28.7 Å². The van der Waals surface area contributed by atoms with Gasteiger partial charge in [0, 0.05) is 6.08 Å². The summed E-state index contributed by atoms with van der Waals surface area (Å²) in [4.78, 5) is 4.94. The fourth-order valence-corrected chi connectivity index (χ4v) is 3.71. The molecule has 34 heavy (non-hydrogen) atoms. The number of benzene rings is 1. The molecule has 2 aromatic rings. The van der Waals surface area contributed by atoms with Gasteiger partial charge >= 0.3 is 0 Å². The smallest absolute Gasteiger partial charge is 0.215 e. The number of imidazole rings is 1. The maximum atomic E-state index is 12.9. The van der Waals surface area contributed by atoms with Gasteiger partial charge in [0.25, 0.3) is 0 Å². The second-order valence-corrected chi connectivity index (χ2v) is 10.7. The monoisotopic (exact) mass is 510 g/mol. The van der Waals surface area contributed by atoms with Crippen molar-refractivity contribution in [3.63, 3.8) is 0 Å². The molecule has 0 bridgehead atoms. The van der Waals surface area contributed by atoms with Gasteiger partial charge in [-0.15, -0.1) is 0 Å². The Labute approximate surface area is 217 Å². The molecule has 1 unspecified atom stereocenters. The highest BCUT2D eigenvalue weighted by Gasteiger charge is 2.18. The van der Waals surface area contributed by atoms with Crippen LogP contribution in [0.1, 0.15) is 92.1 Å². The van der Waals surface area contributed by atoms with Crippen molar-refractivity contribution in [3.05, 3.63) is 64.9 Å². The highest BCUT2D eigenvalue weighted by Crippen LogP contribution is 2.24. The van der Waals surface area contributed by atoms with Crippen LogP contribution in [-0.4, -0.2) is 20.3 Å². The lowest BCUT2D eigenvalue weighted by Gasteiger charge is -2.09. The first-order valence-corrected chi connectivity index (χ1v) is 13.5. The molecular weight excluding hydrogens is 464 g/mol. The van der Waals surface area contributed by atoms with Gasteiger partial charge in [0.2, 0.25) is 5.28 Å². The Morgan fingerprint density at radius 2 is 1.47 bits per heavy atom. The molecule has 0 aliphatic carbocycles. The van der Waals surface area contributed by atoms with Crippen molar-refractivity contribution in [2.24, 2.45) is 11.8 Å². The topological polar surface area (TPSA) is 44.1 Å². The van der Waals surface area contributed by atoms with E-state index in [1.54, 1.807) is 19.3 Å². The van der Waals surface area contributed by atoms with Crippen LogP contribution in [-0.2, 0) is 15.7 Å². The molecule has 0 aliphatic rings. The predicted molar refractivity (Wildman–Crippen MR) is 152 cm³/mol. The number of aromatic nitrogens is 2. The van der Waals surface area contributed by atoms with Gasteiger partial charge in [0.15, 0.2) is 11.0 Å². The summed E-state index contributed by atoms with van der Waals surface area (Å²) in [5.41, 5.74) is 2.50. The molecule has 0 amide bonds. The third-order valence-corrected chi connectivity index (χ3v) is 5.49. The molecule has 1 aromatic heterocycles. The van der Waals surface area contributed by atoms with E-state index in [0.717, 1.165) is 11.8 Å². The second-order valence-electron chi connectivity index (χ2n) is 9.04. The SMILES string of the molecule is C=C/C(=C\c1nc(Cl)n(S(=O)c2ccc(C(C)C)cc2)c1C)OC.CC.CC(C)C.CC(C)C. The van der Waals surface area contributed by atoms with Crippen LogP contribution in [0.3, 0.4) is 0 Å². The maximum absolute atomic E-state index is 12.9. The summed E-state index contributed by atoms with van der Waals surface area (Å²) in [5.74, 6) is 2.65. The quantitative estimate of drug-likeness (QED) is 0.287. The highest BCUT2D eigenvalue weighted by atomic mass is 35.5. The summed E-state index contributed by atoms with van der Waals surface area (Å²) < 4.78 is 19.6. The van der Waals surface area contributed by atoms with E-state index in [1.807, 2.05) is 45.0 Å². The third-order valence-electron chi connectivity index (χ3n) is 3.69. The van der Waals surface area contributed by atoms with E-state index < -0.39 is 11.0 Å². The van der Waals surface area contributed by atoms with Crippen molar-refractivity contribution < 1.29 is 8.95 Å². The van der Waals surface area contributed by atoms with E-state index in [-0.39, 0.29) is 5.28 Å². The summed E-state index contributed by atoms with van der Waals surface area (Å²) >= 11 is 6.21. The first-order chi connectivity index (χ1) is 15.8. The fourth-order valence-electron chi connectivity index (χ4n) is 2.21. The molecule has 0 saturated carbocycles. The van der Waals surface area contributed by atoms with Gasteiger partial charge in [-0.3, -0.25) is 0 Å². The summed E-state index contributed by atoms with van der Waals surface area (Å²) in [6, 6.07) is 7.70. The minimum Gasteiger partial charge on any atom is -0.497 e. The maximum Gasteiger partial charge on any atom is 0.215 e. The Hall–Kier alpha value is -1.85. The molecule has 0 radical (unpaired) electrons. The summed E-state index contributed by atoms with van der Waals surface area (Å²) in [7, 11) is 0.0885. The van der Waals surface area contributed by atoms with E-state index in [2.05, 4.69) is 67.0 Å². The lowest BCUT2D eigenvalue weighted by molar-refractivity contribution is 0.311. The van der Waals surface area contributed by atoms with Gasteiger partial charge in [0.1, 0.15) is 5.76 Å². The van der Waals surface area contributed by atoms with Crippen LogP contribution < -0.4 is 0 Å². The van der Waals surface area contributed by atoms with Crippen molar-refractivity contribution in [1.29, 1.82) is 0 Å². The van der Waals surface area contributed by atoms with E-state index in [4.69, 9.17) is 16.3 Å². The van der Waals surface area contributed by atoms with Gasteiger partial charge in [-0.25, -0.2) is 13.2 Å². The normalized spacial score (nSPS) is 11.6. The molecule has 194 valence electrons. The standard InChI is InChI=1S/C18H21ClN2O2S.2C4H10.C2H6/c1-6-15(23-5)11-17-13(4)21(18(19)20-17)24(22)16-9-7-14(8-10-16)12(2)3;2*1-4(2)3;1-2/h6-12H,1H2,2-5H3;2*4H,1-3H3;1-2H3/b15-11+;;;. The zero-order valence-electron chi connectivity index (χ0n) is 23.4. The lowest BCUT2D eigenvalue weighted by atomic mass is 10.0. The summed E-state index contributed by atoms with van der Waals surface area (Å²) in [6.45, 7) is 26.7. The van der Waals surface area contributed by atoms with Gasteiger partial charge in [-0.1, -0.05) is 87.9 Å². The lowest BCUT2D eigenvalue weighted by Crippen LogP contribution is -2.07. The van der Waals surface area contributed by atoms with Crippen molar-refractivity contribution in [1.82, 2.24) is 8.96 Å². The van der Waals surface area contributed by atoms with Crippen LogP contribution in [0.4, 0.5) is 0 Å². The van der Waals surface area contributed by atoms with E-state index >= 15 is 0 Å². The van der Waals surface area contributed by atoms with Crippen LogP contribution in [0.5, 0.6) is 0 Å². The summed E-state index contributed by atoms with van der Waals surface area (Å²) in [6.07, 6.45) is 3.29. The molecule has 0 fully saturated rings. The van der Waals surface area contributed by atoms with Crippen LogP contribution in [0.2, 0.25) is 5.28 Å². The molecule has 4 nitrogen and oxygen atoms in total. The molecule has 0 aliphatic heterocycles. The van der Waals surface area contributed by atoms with E-state index in [0.29, 0.717) is 28.0 Å². The molecule has 0 spiro atoms. The Balaban J connectivity index is 0. The zero-order chi connectivity index (χ0) is 27.0. The molecule has 1 atom stereocenters. The van der Waals surface area contributed by atoms with Crippen molar-refractivity contribution in [2.75, 3.05) is 7.11 Å². The minimum absolute atomic E-state index is 0.171. The molecule has 1 heterocycles. The first kappa shape index (κ1) is 34.3. The molecule has 2 rings (SSSR count). The van der Waals surface area contributed by atoms with Gasteiger partial charge in [0.05, 0.1) is 23.4 Å². The van der Waals surface area contributed by atoms with Gasteiger partial charge in [-0.05, 0) is 60.1 Å². The minimum atomic E-state index is -1.46. The average molecular weight is 511 g/mol. The largest absolute Gasteiger partial charge is 0.497 e.